The summed E-state index contributed by atoms with van der Waals surface area (Å²) in [4.78, 5) is 0. The molecule has 1 aromatic carbocycles. The Hall–Kier alpha value is -1.24. The maximum absolute atomic E-state index is 13.2. The van der Waals surface area contributed by atoms with Crippen molar-refractivity contribution in [2.45, 2.75) is 0 Å². The average molecular weight is 213 g/mol. The molecule has 1 rings (SSSR count). The van der Waals surface area contributed by atoms with Gasteiger partial charge in [-0.2, -0.15) is 0 Å². The third-order valence-corrected chi connectivity index (χ3v) is 1.97. The molecule has 0 aliphatic rings. The lowest BCUT2D eigenvalue weighted by Crippen LogP contribution is -2.04. The van der Waals surface area contributed by atoms with Gasteiger partial charge < -0.3 is 11.1 Å². The summed E-state index contributed by atoms with van der Waals surface area (Å²) in [6.07, 6.45) is 0. The Balaban J connectivity index is 3.02. The van der Waals surface area contributed by atoms with Gasteiger partial charge in [-0.05, 0) is 19.2 Å². The number of halogens is 2. The van der Waals surface area contributed by atoms with Crippen LogP contribution in [0.25, 0.3) is 0 Å². The third kappa shape index (κ3) is 2.38. The molecule has 0 amide bonds. The molecule has 0 fully saturated rings. The molecule has 0 aliphatic carbocycles. The first kappa shape index (κ1) is 10.8. The molecular formula is C10H10ClFN2. The smallest absolute Gasteiger partial charge is 0.165 e. The molecule has 2 nitrogen and oxygen atoms in total. The molecule has 3 N–H and O–H groups in total. The number of nitrogens with one attached hydrogen (secondary N) is 1. The SMILES string of the molecule is CNCC#Cc1ccc(N)c(F)c1Cl. The van der Waals surface area contributed by atoms with Crippen LogP contribution in [-0.4, -0.2) is 13.6 Å². The molecule has 0 spiro atoms. The van der Waals surface area contributed by atoms with E-state index in [2.05, 4.69) is 17.2 Å². The van der Waals surface area contributed by atoms with Crippen molar-refractivity contribution in [3.63, 3.8) is 0 Å². The summed E-state index contributed by atoms with van der Waals surface area (Å²) < 4.78 is 13.2. The number of anilines is 1. The fourth-order valence-corrected chi connectivity index (χ4v) is 1.11. The van der Waals surface area contributed by atoms with Crippen LogP contribution in [0.15, 0.2) is 12.1 Å². The second kappa shape index (κ2) is 4.85. The van der Waals surface area contributed by atoms with Gasteiger partial charge in [0.2, 0.25) is 0 Å². The van der Waals surface area contributed by atoms with E-state index in [4.69, 9.17) is 17.3 Å². The number of nitrogens with two attached hydrogens (primary N) is 1. The highest BCUT2D eigenvalue weighted by Gasteiger charge is 2.07. The van der Waals surface area contributed by atoms with Gasteiger partial charge in [-0.1, -0.05) is 23.4 Å². The number of hydrogen-bond donors (Lipinski definition) is 2. The summed E-state index contributed by atoms with van der Waals surface area (Å²) in [6.45, 7) is 0.530. The van der Waals surface area contributed by atoms with E-state index in [0.29, 0.717) is 12.1 Å². The lowest BCUT2D eigenvalue weighted by atomic mass is 10.2. The van der Waals surface area contributed by atoms with Crippen LogP contribution in [0.5, 0.6) is 0 Å². The fraction of sp³-hybridized carbons (Fsp3) is 0.200. The predicted molar refractivity (Wildman–Crippen MR) is 56.6 cm³/mol. The highest BCUT2D eigenvalue weighted by Crippen LogP contribution is 2.23. The van der Waals surface area contributed by atoms with Crippen molar-refractivity contribution < 1.29 is 4.39 Å². The minimum Gasteiger partial charge on any atom is -0.396 e. The van der Waals surface area contributed by atoms with Crippen LogP contribution in [0.4, 0.5) is 10.1 Å². The van der Waals surface area contributed by atoms with E-state index in [1.807, 2.05) is 0 Å². The Morgan fingerprint density at radius 3 is 2.93 bits per heavy atom. The Morgan fingerprint density at radius 1 is 1.57 bits per heavy atom. The molecular weight excluding hydrogens is 203 g/mol. The highest BCUT2D eigenvalue weighted by atomic mass is 35.5. The molecule has 0 heterocycles. The van der Waals surface area contributed by atoms with Crippen LogP contribution < -0.4 is 11.1 Å². The second-order valence-corrected chi connectivity index (χ2v) is 3.04. The quantitative estimate of drug-likeness (QED) is 0.549. The standard InChI is InChI=1S/C10H10ClFN2/c1-14-6-2-3-7-4-5-8(13)10(12)9(7)11/h4-5,14H,6,13H2,1H3. The van der Waals surface area contributed by atoms with E-state index in [1.165, 1.54) is 6.07 Å². The van der Waals surface area contributed by atoms with Gasteiger partial charge >= 0.3 is 0 Å². The Morgan fingerprint density at radius 2 is 2.29 bits per heavy atom. The van der Waals surface area contributed by atoms with Crippen molar-refractivity contribution in [2.75, 3.05) is 19.3 Å². The van der Waals surface area contributed by atoms with Crippen molar-refractivity contribution in [2.24, 2.45) is 0 Å². The number of rotatable bonds is 1. The highest BCUT2D eigenvalue weighted by molar-refractivity contribution is 6.32. The molecule has 0 aromatic heterocycles. The molecule has 0 bridgehead atoms. The first-order valence-corrected chi connectivity index (χ1v) is 4.41. The number of nitrogen functional groups attached to an aromatic ring is 1. The van der Waals surface area contributed by atoms with Crippen molar-refractivity contribution in [3.8, 4) is 11.8 Å². The average Bonchev–Trinajstić information content (AvgIpc) is 2.18. The summed E-state index contributed by atoms with van der Waals surface area (Å²) in [5.41, 5.74) is 5.81. The van der Waals surface area contributed by atoms with Gasteiger partial charge in [0.15, 0.2) is 5.82 Å². The van der Waals surface area contributed by atoms with E-state index < -0.39 is 5.82 Å². The predicted octanol–water partition coefficient (Wildman–Crippen LogP) is 1.63. The van der Waals surface area contributed by atoms with Gasteiger partial charge in [-0.15, -0.1) is 0 Å². The molecule has 0 unspecified atom stereocenters. The van der Waals surface area contributed by atoms with Gasteiger partial charge in [0, 0.05) is 5.56 Å². The molecule has 74 valence electrons. The monoisotopic (exact) mass is 212 g/mol. The third-order valence-electron chi connectivity index (χ3n) is 1.60. The van der Waals surface area contributed by atoms with Gasteiger partial charge in [0.25, 0.3) is 0 Å². The van der Waals surface area contributed by atoms with Crippen LogP contribution in [0.1, 0.15) is 5.56 Å². The molecule has 14 heavy (non-hydrogen) atoms. The van der Waals surface area contributed by atoms with Crippen molar-refractivity contribution in [3.05, 3.63) is 28.5 Å². The van der Waals surface area contributed by atoms with Crippen LogP contribution in [0.3, 0.4) is 0 Å². The fourth-order valence-electron chi connectivity index (χ4n) is 0.889. The summed E-state index contributed by atoms with van der Waals surface area (Å²) in [7, 11) is 1.78. The van der Waals surface area contributed by atoms with E-state index in [9.17, 15) is 4.39 Å². The Kier molecular flexibility index (Phi) is 3.75. The number of benzene rings is 1. The minimum atomic E-state index is -0.608. The Bertz CT molecular complexity index is 393. The minimum absolute atomic E-state index is 0.0198. The van der Waals surface area contributed by atoms with Gasteiger partial charge in [0.05, 0.1) is 17.3 Å². The molecule has 0 saturated heterocycles. The topological polar surface area (TPSA) is 38.0 Å². The number of hydrogen-bond acceptors (Lipinski definition) is 2. The largest absolute Gasteiger partial charge is 0.396 e. The van der Waals surface area contributed by atoms with Crippen LogP contribution >= 0.6 is 11.6 Å². The summed E-state index contributed by atoms with van der Waals surface area (Å²) >= 11 is 5.70. The zero-order valence-corrected chi connectivity index (χ0v) is 8.45. The lowest BCUT2D eigenvalue weighted by molar-refractivity contribution is 0.632. The van der Waals surface area contributed by atoms with E-state index in [-0.39, 0.29) is 10.7 Å². The van der Waals surface area contributed by atoms with Gasteiger partial charge in [0.1, 0.15) is 0 Å². The van der Waals surface area contributed by atoms with Crippen LogP contribution in [0.2, 0.25) is 5.02 Å². The molecule has 4 heteroatoms. The van der Waals surface area contributed by atoms with E-state index >= 15 is 0 Å². The molecule has 0 radical (unpaired) electrons. The van der Waals surface area contributed by atoms with Gasteiger partial charge in [-0.3, -0.25) is 0 Å². The van der Waals surface area contributed by atoms with E-state index in [0.717, 1.165) is 0 Å². The zero-order chi connectivity index (χ0) is 10.6. The summed E-state index contributed by atoms with van der Waals surface area (Å²) in [5.74, 6) is 4.92. The van der Waals surface area contributed by atoms with Crippen molar-refractivity contribution in [1.29, 1.82) is 0 Å². The maximum atomic E-state index is 13.2. The molecule has 1 aromatic rings. The lowest BCUT2D eigenvalue weighted by Gasteiger charge is -2.00. The summed E-state index contributed by atoms with van der Waals surface area (Å²) in [5, 5.41) is 2.83. The van der Waals surface area contributed by atoms with Gasteiger partial charge in [-0.25, -0.2) is 4.39 Å². The first-order chi connectivity index (χ1) is 6.66. The molecule has 0 atom stereocenters. The van der Waals surface area contributed by atoms with Crippen molar-refractivity contribution in [1.82, 2.24) is 5.32 Å². The second-order valence-electron chi connectivity index (χ2n) is 2.66. The Labute approximate surface area is 87.2 Å². The van der Waals surface area contributed by atoms with Crippen molar-refractivity contribution >= 4 is 17.3 Å². The van der Waals surface area contributed by atoms with Crippen LogP contribution in [0, 0.1) is 17.7 Å². The summed E-state index contributed by atoms with van der Waals surface area (Å²) in [6, 6.07) is 3.05. The zero-order valence-electron chi connectivity index (χ0n) is 7.70. The molecule has 0 saturated carbocycles. The molecule has 0 aliphatic heterocycles. The van der Waals surface area contributed by atoms with Crippen LogP contribution in [-0.2, 0) is 0 Å². The first-order valence-electron chi connectivity index (χ1n) is 4.03. The normalized spacial score (nSPS) is 9.36. The maximum Gasteiger partial charge on any atom is 0.165 e. The van der Waals surface area contributed by atoms with E-state index in [1.54, 1.807) is 13.1 Å².